The van der Waals surface area contributed by atoms with Gasteiger partial charge in [0.2, 0.25) is 6.41 Å². The number of carboxylic acid groups (broad SMARTS) is 1. The zero-order valence-corrected chi connectivity index (χ0v) is 9.67. The maximum Gasteiger partial charge on any atom is 0.337 e. The van der Waals surface area contributed by atoms with Gasteiger partial charge in [-0.05, 0) is 18.2 Å². The Kier molecular flexibility index (Phi) is 3.45. The minimum atomic E-state index is -1.15. The van der Waals surface area contributed by atoms with Crippen molar-refractivity contribution in [1.82, 2.24) is 4.90 Å². The maximum atomic E-state index is 13.1. The number of rotatable bonds is 3. The van der Waals surface area contributed by atoms with E-state index < -0.39 is 11.8 Å². The predicted octanol–water partition coefficient (Wildman–Crippen LogP) is 0.802. The number of halogens is 1. The van der Waals surface area contributed by atoms with Crippen LogP contribution in [-0.4, -0.2) is 48.6 Å². The number of aromatic carboxylic acids is 1. The molecule has 1 aliphatic heterocycles. The summed E-state index contributed by atoms with van der Waals surface area (Å²) in [6, 6.07) is 3.73. The second-order valence-electron chi connectivity index (χ2n) is 4.10. The molecule has 1 heterocycles. The first-order valence-electron chi connectivity index (χ1n) is 5.59. The van der Waals surface area contributed by atoms with Crippen LogP contribution in [0, 0.1) is 5.82 Å². The molecule has 96 valence electrons. The number of carboxylic acids is 1. The topological polar surface area (TPSA) is 60.9 Å². The lowest BCUT2D eigenvalue weighted by atomic mass is 10.1. The van der Waals surface area contributed by atoms with Gasteiger partial charge in [0.05, 0.1) is 11.3 Å². The maximum absolute atomic E-state index is 13.1. The van der Waals surface area contributed by atoms with E-state index >= 15 is 0 Å². The monoisotopic (exact) mass is 252 g/mol. The number of piperazine rings is 1. The van der Waals surface area contributed by atoms with Crippen molar-refractivity contribution in [1.29, 1.82) is 0 Å². The number of hydrogen-bond acceptors (Lipinski definition) is 3. The summed E-state index contributed by atoms with van der Waals surface area (Å²) >= 11 is 0. The molecule has 1 aliphatic rings. The largest absolute Gasteiger partial charge is 0.478 e. The second kappa shape index (κ2) is 5.03. The Hall–Kier alpha value is -2.11. The zero-order valence-electron chi connectivity index (χ0n) is 9.67. The van der Waals surface area contributed by atoms with Crippen LogP contribution in [0.2, 0.25) is 0 Å². The van der Waals surface area contributed by atoms with E-state index in [1.807, 2.05) is 4.90 Å². The van der Waals surface area contributed by atoms with Gasteiger partial charge in [0.25, 0.3) is 0 Å². The van der Waals surface area contributed by atoms with Gasteiger partial charge in [-0.15, -0.1) is 0 Å². The molecule has 1 fully saturated rings. The lowest BCUT2D eigenvalue weighted by molar-refractivity contribution is -0.118. The highest BCUT2D eigenvalue weighted by molar-refractivity contribution is 5.94. The second-order valence-corrected chi connectivity index (χ2v) is 4.10. The minimum absolute atomic E-state index is 0.0467. The number of amides is 1. The van der Waals surface area contributed by atoms with Crippen molar-refractivity contribution < 1.29 is 19.1 Å². The molecule has 1 saturated heterocycles. The summed E-state index contributed by atoms with van der Waals surface area (Å²) in [5.41, 5.74) is 0.448. The molecule has 0 spiro atoms. The van der Waals surface area contributed by atoms with E-state index in [1.165, 1.54) is 12.1 Å². The van der Waals surface area contributed by atoms with E-state index in [4.69, 9.17) is 5.11 Å². The SMILES string of the molecule is O=CN1CCN(c2ccc(F)cc2C(=O)O)CC1. The van der Waals surface area contributed by atoms with Crippen LogP contribution in [0.15, 0.2) is 18.2 Å². The van der Waals surface area contributed by atoms with Gasteiger partial charge in [0, 0.05) is 26.2 Å². The summed E-state index contributed by atoms with van der Waals surface area (Å²) in [7, 11) is 0. The number of hydrogen-bond donors (Lipinski definition) is 1. The molecule has 1 N–H and O–H groups in total. The summed E-state index contributed by atoms with van der Waals surface area (Å²) in [6.07, 6.45) is 0.778. The highest BCUT2D eigenvalue weighted by atomic mass is 19.1. The molecule has 1 aromatic carbocycles. The van der Waals surface area contributed by atoms with Crippen LogP contribution in [0.3, 0.4) is 0 Å². The molecule has 0 aromatic heterocycles. The van der Waals surface area contributed by atoms with Gasteiger partial charge >= 0.3 is 5.97 Å². The van der Waals surface area contributed by atoms with E-state index in [-0.39, 0.29) is 5.56 Å². The molecule has 0 unspecified atom stereocenters. The molecule has 2 rings (SSSR count). The van der Waals surface area contributed by atoms with Crippen molar-refractivity contribution in [3.05, 3.63) is 29.6 Å². The van der Waals surface area contributed by atoms with Gasteiger partial charge in [0.1, 0.15) is 5.82 Å². The van der Waals surface area contributed by atoms with E-state index in [2.05, 4.69) is 0 Å². The van der Waals surface area contributed by atoms with Crippen molar-refractivity contribution in [3.8, 4) is 0 Å². The summed E-state index contributed by atoms with van der Waals surface area (Å²) < 4.78 is 13.1. The summed E-state index contributed by atoms with van der Waals surface area (Å²) in [5.74, 6) is -1.72. The summed E-state index contributed by atoms with van der Waals surface area (Å²) in [4.78, 5) is 25.1. The van der Waals surface area contributed by atoms with Crippen LogP contribution >= 0.6 is 0 Å². The van der Waals surface area contributed by atoms with E-state index in [0.717, 1.165) is 12.5 Å². The third-order valence-electron chi connectivity index (χ3n) is 2.99. The number of carbonyl (C=O) groups excluding carboxylic acids is 1. The normalized spacial score (nSPS) is 15.6. The molecule has 0 radical (unpaired) electrons. The Morgan fingerprint density at radius 2 is 1.94 bits per heavy atom. The van der Waals surface area contributed by atoms with Crippen LogP contribution in [-0.2, 0) is 4.79 Å². The van der Waals surface area contributed by atoms with Crippen LogP contribution in [0.5, 0.6) is 0 Å². The van der Waals surface area contributed by atoms with Gasteiger partial charge < -0.3 is 14.9 Å². The predicted molar refractivity (Wildman–Crippen MR) is 63.2 cm³/mol. The lowest BCUT2D eigenvalue weighted by Gasteiger charge is -2.34. The molecule has 0 bridgehead atoms. The minimum Gasteiger partial charge on any atom is -0.478 e. The van der Waals surface area contributed by atoms with Crippen molar-refractivity contribution in [2.24, 2.45) is 0 Å². The fraction of sp³-hybridized carbons (Fsp3) is 0.333. The van der Waals surface area contributed by atoms with Crippen molar-refractivity contribution in [3.63, 3.8) is 0 Å². The van der Waals surface area contributed by atoms with Crippen LogP contribution < -0.4 is 4.90 Å². The first-order valence-corrected chi connectivity index (χ1v) is 5.59. The van der Waals surface area contributed by atoms with Gasteiger partial charge in [-0.2, -0.15) is 0 Å². The number of nitrogens with zero attached hydrogens (tertiary/aromatic N) is 2. The first kappa shape index (κ1) is 12.3. The molecule has 5 nitrogen and oxygen atoms in total. The molecule has 1 aromatic rings. The smallest absolute Gasteiger partial charge is 0.337 e. The zero-order chi connectivity index (χ0) is 13.1. The van der Waals surface area contributed by atoms with E-state index in [1.54, 1.807) is 4.90 Å². The number of benzene rings is 1. The third kappa shape index (κ3) is 2.42. The highest BCUT2D eigenvalue weighted by Gasteiger charge is 2.21. The van der Waals surface area contributed by atoms with Crippen LogP contribution in [0.4, 0.5) is 10.1 Å². The summed E-state index contributed by atoms with van der Waals surface area (Å²) in [5, 5.41) is 9.06. The lowest BCUT2D eigenvalue weighted by Crippen LogP contribution is -2.46. The van der Waals surface area contributed by atoms with Gasteiger partial charge in [0.15, 0.2) is 0 Å². The quantitative estimate of drug-likeness (QED) is 0.808. The molecule has 0 saturated carbocycles. The first-order chi connectivity index (χ1) is 8.61. The Balaban J connectivity index is 2.23. The van der Waals surface area contributed by atoms with Gasteiger partial charge in [-0.25, -0.2) is 9.18 Å². The van der Waals surface area contributed by atoms with Crippen molar-refractivity contribution in [2.45, 2.75) is 0 Å². The van der Waals surface area contributed by atoms with E-state index in [0.29, 0.717) is 31.9 Å². The van der Waals surface area contributed by atoms with Crippen LogP contribution in [0.25, 0.3) is 0 Å². The van der Waals surface area contributed by atoms with Crippen molar-refractivity contribution >= 4 is 18.1 Å². The fourth-order valence-corrected chi connectivity index (χ4v) is 2.02. The molecule has 1 amide bonds. The number of carbonyl (C=O) groups is 2. The highest BCUT2D eigenvalue weighted by Crippen LogP contribution is 2.23. The molecule has 0 atom stereocenters. The van der Waals surface area contributed by atoms with Crippen molar-refractivity contribution in [2.75, 3.05) is 31.1 Å². The third-order valence-corrected chi connectivity index (χ3v) is 2.99. The van der Waals surface area contributed by atoms with Crippen LogP contribution in [0.1, 0.15) is 10.4 Å². The summed E-state index contributed by atoms with van der Waals surface area (Å²) in [6.45, 7) is 2.18. The van der Waals surface area contributed by atoms with Gasteiger partial charge in [-0.1, -0.05) is 0 Å². The molecule has 6 heteroatoms. The number of anilines is 1. The fourth-order valence-electron chi connectivity index (χ4n) is 2.02. The Morgan fingerprint density at radius 3 is 2.50 bits per heavy atom. The molecular weight excluding hydrogens is 239 g/mol. The van der Waals surface area contributed by atoms with Gasteiger partial charge in [-0.3, -0.25) is 4.79 Å². The Morgan fingerprint density at radius 1 is 1.28 bits per heavy atom. The molecular formula is C12H13FN2O3. The Bertz CT molecular complexity index is 470. The molecule has 18 heavy (non-hydrogen) atoms. The standard InChI is InChI=1S/C12H13FN2O3/c13-9-1-2-11(10(7-9)12(17)18)15-5-3-14(8-16)4-6-15/h1-2,7-8H,3-6H2,(H,17,18). The average Bonchev–Trinajstić information content (AvgIpc) is 2.39. The average molecular weight is 252 g/mol. The van der Waals surface area contributed by atoms with E-state index in [9.17, 15) is 14.0 Å². The molecule has 0 aliphatic carbocycles. The Labute approximate surface area is 103 Å².